The minimum atomic E-state index is 0.370. The van der Waals surface area contributed by atoms with Gasteiger partial charge in [0.1, 0.15) is 18.7 Å². The first-order valence-electron chi connectivity index (χ1n) is 7.10. The second kappa shape index (κ2) is 6.88. The molecule has 0 bridgehead atoms. The number of guanidine groups is 1. The van der Waals surface area contributed by atoms with Crippen LogP contribution >= 0.6 is 0 Å². The predicted octanol–water partition coefficient (Wildman–Crippen LogP) is 2.26. The highest BCUT2D eigenvalue weighted by Crippen LogP contribution is 2.20. The van der Waals surface area contributed by atoms with Crippen molar-refractivity contribution >= 4 is 11.6 Å². The number of nitrogens with two attached hydrogens (primary N) is 1. The largest absolute Gasteiger partial charge is 0.370 e. The van der Waals surface area contributed by atoms with Crippen molar-refractivity contribution in [3.63, 3.8) is 0 Å². The smallest absolute Gasteiger partial charge is 0.193 e. The number of aryl methyl sites for hydroxylation is 1. The van der Waals surface area contributed by atoms with Gasteiger partial charge in [-0.1, -0.05) is 26.0 Å². The summed E-state index contributed by atoms with van der Waals surface area (Å²) in [5, 5.41) is 7.07. The molecule has 0 spiro atoms. The Morgan fingerprint density at radius 1 is 1.38 bits per heavy atom. The van der Waals surface area contributed by atoms with Gasteiger partial charge in [0.05, 0.1) is 0 Å². The van der Waals surface area contributed by atoms with Crippen molar-refractivity contribution in [2.45, 2.75) is 32.7 Å². The van der Waals surface area contributed by atoms with Crippen LogP contribution in [-0.4, -0.2) is 20.7 Å². The summed E-state index contributed by atoms with van der Waals surface area (Å²) in [5.41, 5.74) is 8.14. The number of hydrogen-bond acceptors (Lipinski definition) is 3. The summed E-state index contributed by atoms with van der Waals surface area (Å²) in [7, 11) is 1.83. The van der Waals surface area contributed by atoms with Crippen LogP contribution in [0.5, 0.6) is 0 Å². The number of nitrogens with one attached hydrogen (secondary N) is 1. The third kappa shape index (κ3) is 4.05. The SMILES string of the molecule is CCC(C)c1ccc(NC(N)=NCc2ncnn2C)cc1. The topological polar surface area (TPSA) is 81.1 Å². The highest BCUT2D eigenvalue weighted by molar-refractivity contribution is 5.92. The van der Waals surface area contributed by atoms with Crippen LogP contribution in [0.4, 0.5) is 5.69 Å². The molecule has 2 rings (SSSR count). The Kier molecular flexibility index (Phi) is 4.92. The third-order valence-corrected chi connectivity index (χ3v) is 3.56. The molecule has 0 radical (unpaired) electrons. The van der Waals surface area contributed by atoms with Crippen molar-refractivity contribution < 1.29 is 0 Å². The molecule has 0 aliphatic carbocycles. The van der Waals surface area contributed by atoms with Crippen LogP contribution < -0.4 is 11.1 Å². The van der Waals surface area contributed by atoms with Crippen molar-refractivity contribution in [2.24, 2.45) is 17.8 Å². The zero-order valence-electron chi connectivity index (χ0n) is 12.7. The zero-order valence-corrected chi connectivity index (χ0v) is 12.7. The standard InChI is InChI=1S/C15H22N6/c1-4-11(2)12-5-7-13(8-6-12)20-15(16)17-9-14-18-10-19-21(14)3/h5-8,10-11H,4,9H2,1-3H3,(H3,16,17,20). The van der Waals surface area contributed by atoms with Crippen molar-refractivity contribution in [1.29, 1.82) is 0 Å². The molecule has 3 N–H and O–H groups in total. The maximum absolute atomic E-state index is 5.88. The Morgan fingerprint density at radius 2 is 2.10 bits per heavy atom. The number of aliphatic imine (C=N–C) groups is 1. The Bertz CT molecular complexity index is 599. The quantitative estimate of drug-likeness (QED) is 0.652. The van der Waals surface area contributed by atoms with Gasteiger partial charge in [-0.15, -0.1) is 0 Å². The van der Waals surface area contributed by atoms with Gasteiger partial charge < -0.3 is 11.1 Å². The van der Waals surface area contributed by atoms with Crippen molar-refractivity contribution in [1.82, 2.24) is 14.8 Å². The first kappa shape index (κ1) is 15.0. The summed E-state index contributed by atoms with van der Waals surface area (Å²) < 4.78 is 1.68. The van der Waals surface area contributed by atoms with E-state index in [2.05, 4.69) is 46.4 Å². The van der Waals surface area contributed by atoms with Gasteiger partial charge in [0.25, 0.3) is 0 Å². The van der Waals surface area contributed by atoms with E-state index in [1.54, 1.807) is 4.68 Å². The number of aromatic nitrogens is 3. The summed E-state index contributed by atoms with van der Waals surface area (Å²) in [5.74, 6) is 1.71. The number of rotatable bonds is 5. The lowest BCUT2D eigenvalue weighted by Gasteiger charge is -2.10. The molecular weight excluding hydrogens is 264 g/mol. The van der Waals surface area contributed by atoms with Crippen LogP contribution in [0.15, 0.2) is 35.6 Å². The minimum Gasteiger partial charge on any atom is -0.370 e. The maximum atomic E-state index is 5.88. The van der Waals surface area contributed by atoms with Crippen LogP contribution in [0.3, 0.4) is 0 Å². The number of hydrogen-bond donors (Lipinski definition) is 2. The molecule has 1 aromatic carbocycles. The van der Waals surface area contributed by atoms with E-state index in [0.29, 0.717) is 18.4 Å². The lowest BCUT2D eigenvalue weighted by atomic mass is 9.99. The fourth-order valence-electron chi connectivity index (χ4n) is 1.94. The minimum absolute atomic E-state index is 0.370. The van der Waals surface area contributed by atoms with Gasteiger partial charge in [0.2, 0.25) is 0 Å². The molecular formula is C15H22N6. The lowest BCUT2D eigenvalue weighted by Crippen LogP contribution is -2.22. The second-order valence-corrected chi connectivity index (χ2v) is 5.06. The van der Waals surface area contributed by atoms with Crippen LogP contribution in [0.1, 0.15) is 37.6 Å². The molecule has 6 heteroatoms. The van der Waals surface area contributed by atoms with Gasteiger partial charge in [-0.05, 0) is 30.0 Å². The van der Waals surface area contributed by atoms with Gasteiger partial charge in [-0.25, -0.2) is 9.98 Å². The molecule has 6 nitrogen and oxygen atoms in total. The van der Waals surface area contributed by atoms with Crippen molar-refractivity contribution in [2.75, 3.05) is 5.32 Å². The first-order valence-corrected chi connectivity index (χ1v) is 7.10. The van der Waals surface area contributed by atoms with Crippen LogP contribution in [0.2, 0.25) is 0 Å². The zero-order chi connectivity index (χ0) is 15.2. The summed E-state index contributed by atoms with van der Waals surface area (Å²) in [6, 6.07) is 8.28. The summed E-state index contributed by atoms with van der Waals surface area (Å²) >= 11 is 0. The van der Waals surface area contributed by atoms with Crippen LogP contribution in [-0.2, 0) is 13.6 Å². The van der Waals surface area contributed by atoms with Crippen molar-refractivity contribution in [3.8, 4) is 0 Å². The van der Waals surface area contributed by atoms with E-state index in [9.17, 15) is 0 Å². The monoisotopic (exact) mass is 286 g/mol. The molecule has 2 aromatic rings. The van der Waals surface area contributed by atoms with E-state index >= 15 is 0 Å². The van der Waals surface area contributed by atoms with Crippen molar-refractivity contribution in [3.05, 3.63) is 42.0 Å². The first-order chi connectivity index (χ1) is 10.1. The highest BCUT2D eigenvalue weighted by Gasteiger charge is 2.03. The highest BCUT2D eigenvalue weighted by atomic mass is 15.3. The Morgan fingerprint density at radius 3 is 2.67 bits per heavy atom. The molecule has 1 unspecified atom stereocenters. The summed E-state index contributed by atoms with van der Waals surface area (Å²) in [6.45, 7) is 4.81. The van der Waals surface area contributed by atoms with E-state index in [0.717, 1.165) is 17.9 Å². The molecule has 1 aromatic heterocycles. The molecule has 1 heterocycles. The summed E-state index contributed by atoms with van der Waals surface area (Å²) in [6.07, 6.45) is 2.64. The van der Waals surface area contributed by atoms with E-state index < -0.39 is 0 Å². The Balaban J connectivity index is 1.96. The molecule has 21 heavy (non-hydrogen) atoms. The average molecular weight is 286 g/mol. The van der Waals surface area contributed by atoms with Gasteiger partial charge in [0.15, 0.2) is 5.96 Å². The average Bonchev–Trinajstić information content (AvgIpc) is 2.90. The molecule has 0 aliphatic heterocycles. The van der Waals surface area contributed by atoms with Crippen LogP contribution in [0, 0.1) is 0 Å². The van der Waals surface area contributed by atoms with E-state index in [1.807, 2.05) is 19.2 Å². The molecule has 0 fully saturated rings. The molecule has 0 aliphatic rings. The molecule has 0 saturated heterocycles. The van der Waals surface area contributed by atoms with E-state index in [-0.39, 0.29) is 0 Å². The molecule has 0 amide bonds. The number of anilines is 1. The molecule has 0 saturated carbocycles. The maximum Gasteiger partial charge on any atom is 0.193 e. The van der Waals surface area contributed by atoms with Gasteiger partial charge in [-0.2, -0.15) is 5.10 Å². The second-order valence-electron chi connectivity index (χ2n) is 5.06. The normalized spacial score (nSPS) is 13.2. The Labute approximate surface area is 125 Å². The lowest BCUT2D eigenvalue weighted by molar-refractivity contribution is 0.702. The molecule has 1 atom stereocenters. The van der Waals surface area contributed by atoms with Gasteiger partial charge in [0, 0.05) is 12.7 Å². The predicted molar refractivity (Wildman–Crippen MR) is 85.1 cm³/mol. The Hall–Kier alpha value is -2.37. The fourth-order valence-corrected chi connectivity index (χ4v) is 1.94. The van der Waals surface area contributed by atoms with E-state index in [1.165, 1.54) is 11.9 Å². The number of nitrogens with zero attached hydrogens (tertiary/aromatic N) is 4. The third-order valence-electron chi connectivity index (χ3n) is 3.56. The van der Waals surface area contributed by atoms with Gasteiger partial charge in [-0.3, -0.25) is 4.68 Å². The van der Waals surface area contributed by atoms with Gasteiger partial charge >= 0.3 is 0 Å². The molecule has 112 valence electrons. The fraction of sp³-hybridized carbons (Fsp3) is 0.400. The number of benzene rings is 1. The summed E-state index contributed by atoms with van der Waals surface area (Å²) in [4.78, 5) is 8.35. The van der Waals surface area contributed by atoms with Crippen LogP contribution in [0.25, 0.3) is 0 Å². The van der Waals surface area contributed by atoms with E-state index in [4.69, 9.17) is 5.73 Å².